The summed E-state index contributed by atoms with van der Waals surface area (Å²) in [6.45, 7) is 2.48. The molecule has 12 heteroatoms. The van der Waals surface area contributed by atoms with Crippen molar-refractivity contribution in [3.8, 4) is 23.3 Å². The third kappa shape index (κ3) is 4.01. The molecule has 1 fully saturated rings. The van der Waals surface area contributed by atoms with Crippen LogP contribution in [0.4, 0.5) is 0 Å². The highest BCUT2D eigenvalue weighted by Gasteiger charge is 2.21. The molecule has 1 aliphatic heterocycles. The van der Waals surface area contributed by atoms with Crippen LogP contribution in [0.2, 0.25) is 0 Å². The lowest BCUT2D eigenvalue weighted by Crippen LogP contribution is -2.40. The highest BCUT2D eigenvalue weighted by molar-refractivity contribution is 5.97. The fraction of sp³-hybridized carbons (Fsp3) is 0.250. The number of rotatable bonds is 6. The van der Waals surface area contributed by atoms with Crippen molar-refractivity contribution in [2.75, 3.05) is 33.4 Å². The monoisotopic (exact) mass is 487 g/mol. The van der Waals surface area contributed by atoms with Crippen molar-refractivity contribution in [1.29, 1.82) is 0 Å². The topological polar surface area (TPSA) is 130 Å². The third-order valence-corrected chi connectivity index (χ3v) is 5.79. The zero-order valence-electron chi connectivity index (χ0n) is 19.3. The van der Waals surface area contributed by atoms with Crippen LogP contribution in [0.25, 0.3) is 27.9 Å². The van der Waals surface area contributed by atoms with Crippen LogP contribution >= 0.6 is 0 Å². The summed E-state index contributed by atoms with van der Waals surface area (Å²) in [5.74, 6) is 1.46. The maximum atomic E-state index is 12.7. The van der Waals surface area contributed by atoms with Crippen LogP contribution < -0.4 is 4.74 Å². The van der Waals surface area contributed by atoms with Gasteiger partial charge in [-0.2, -0.15) is 4.52 Å². The molecule has 5 aromatic rings. The fourth-order valence-corrected chi connectivity index (χ4v) is 4.03. The Labute approximate surface area is 204 Å². The van der Waals surface area contributed by atoms with E-state index in [9.17, 15) is 4.79 Å². The van der Waals surface area contributed by atoms with E-state index in [1.807, 2.05) is 24.3 Å². The smallest absolute Gasteiger partial charge is 0.255 e. The van der Waals surface area contributed by atoms with Gasteiger partial charge in [-0.3, -0.25) is 4.79 Å². The first-order valence-corrected chi connectivity index (χ1v) is 11.3. The standard InChI is InChI=1S/C24H21N7O5/c1-33-14-16-12-19(29-36-16)22-27-26-21-17-4-2-3-5-18(17)23(28-31(21)22)35-20-7-6-15(13-25-20)24(32)30-8-10-34-11-9-30/h2-7,12-13H,8-11,14H2,1H3. The van der Waals surface area contributed by atoms with Gasteiger partial charge in [-0.05, 0) is 12.1 Å². The lowest BCUT2D eigenvalue weighted by atomic mass is 10.2. The number of carbonyl (C=O) groups excluding carboxylic acids is 1. The van der Waals surface area contributed by atoms with Gasteiger partial charge < -0.3 is 23.6 Å². The Morgan fingerprint density at radius 1 is 1.08 bits per heavy atom. The Kier molecular flexibility index (Phi) is 5.71. The van der Waals surface area contributed by atoms with E-state index in [2.05, 4.69) is 25.4 Å². The van der Waals surface area contributed by atoms with Crippen molar-refractivity contribution < 1.29 is 23.5 Å². The number of aromatic nitrogens is 6. The summed E-state index contributed by atoms with van der Waals surface area (Å²) in [6, 6.07) is 12.6. The predicted molar refractivity (Wildman–Crippen MR) is 126 cm³/mol. The quantitative estimate of drug-likeness (QED) is 0.352. The average Bonchev–Trinajstić information content (AvgIpc) is 3.57. The lowest BCUT2D eigenvalue weighted by Gasteiger charge is -2.26. The van der Waals surface area contributed by atoms with Gasteiger partial charge in [0.25, 0.3) is 5.91 Å². The van der Waals surface area contributed by atoms with E-state index in [0.29, 0.717) is 66.6 Å². The van der Waals surface area contributed by atoms with Crippen molar-refractivity contribution in [1.82, 2.24) is 34.9 Å². The summed E-state index contributed by atoms with van der Waals surface area (Å²) < 4.78 is 23.4. The predicted octanol–water partition coefficient (Wildman–Crippen LogP) is 2.74. The van der Waals surface area contributed by atoms with Gasteiger partial charge in [0, 0.05) is 49.3 Å². The van der Waals surface area contributed by atoms with Crippen LogP contribution in [0, 0.1) is 0 Å². The van der Waals surface area contributed by atoms with Crippen molar-refractivity contribution >= 4 is 22.3 Å². The van der Waals surface area contributed by atoms with Gasteiger partial charge in [-0.15, -0.1) is 15.3 Å². The molecular formula is C24H21N7O5. The zero-order chi connectivity index (χ0) is 24.5. The van der Waals surface area contributed by atoms with Gasteiger partial charge in [-0.25, -0.2) is 4.98 Å². The maximum Gasteiger partial charge on any atom is 0.255 e. The SMILES string of the molecule is COCc1cc(-c2nnc3c4ccccc4c(Oc4ccc(C(=O)N5CCOCC5)cn4)nn23)no1. The zero-order valence-corrected chi connectivity index (χ0v) is 19.3. The minimum atomic E-state index is -0.0862. The van der Waals surface area contributed by atoms with Crippen molar-refractivity contribution in [3.05, 3.63) is 60.0 Å². The van der Waals surface area contributed by atoms with E-state index in [1.165, 1.54) is 6.20 Å². The van der Waals surface area contributed by atoms with Gasteiger partial charge in [0.05, 0.1) is 18.8 Å². The van der Waals surface area contributed by atoms with Crippen molar-refractivity contribution in [2.45, 2.75) is 6.61 Å². The number of amides is 1. The Morgan fingerprint density at radius 3 is 2.69 bits per heavy atom. The molecule has 36 heavy (non-hydrogen) atoms. The number of nitrogens with zero attached hydrogens (tertiary/aromatic N) is 7. The summed E-state index contributed by atoms with van der Waals surface area (Å²) in [5, 5.41) is 18.8. The highest BCUT2D eigenvalue weighted by Crippen LogP contribution is 2.31. The number of ether oxygens (including phenoxy) is 3. The normalized spacial score (nSPS) is 14.0. The number of morpholine rings is 1. The summed E-state index contributed by atoms with van der Waals surface area (Å²) in [6.07, 6.45) is 1.50. The molecule has 1 amide bonds. The molecule has 1 aliphatic rings. The number of methoxy groups -OCH3 is 1. The van der Waals surface area contributed by atoms with Crippen LogP contribution in [0.3, 0.4) is 0 Å². The number of carbonyl (C=O) groups is 1. The van der Waals surface area contributed by atoms with E-state index in [1.54, 1.807) is 34.7 Å². The van der Waals surface area contributed by atoms with Gasteiger partial charge in [-0.1, -0.05) is 23.4 Å². The van der Waals surface area contributed by atoms with Crippen LogP contribution in [-0.2, 0) is 16.1 Å². The third-order valence-electron chi connectivity index (χ3n) is 5.79. The largest absolute Gasteiger partial charge is 0.418 e. The summed E-state index contributed by atoms with van der Waals surface area (Å²) >= 11 is 0. The lowest BCUT2D eigenvalue weighted by molar-refractivity contribution is 0.0302. The molecule has 1 saturated heterocycles. The highest BCUT2D eigenvalue weighted by atomic mass is 16.5. The van der Waals surface area contributed by atoms with Crippen LogP contribution in [0.1, 0.15) is 16.1 Å². The van der Waals surface area contributed by atoms with Gasteiger partial charge in [0.15, 0.2) is 17.1 Å². The van der Waals surface area contributed by atoms with E-state index in [-0.39, 0.29) is 12.5 Å². The van der Waals surface area contributed by atoms with Gasteiger partial charge in [0.1, 0.15) is 6.61 Å². The first-order valence-electron chi connectivity index (χ1n) is 11.3. The molecule has 0 N–H and O–H groups in total. The van der Waals surface area contributed by atoms with E-state index < -0.39 is 0 Å². The van der Waals surface area contributed by atoms with Crippen LogP contribution in [-0.4, -0.2) is 74.2 Å². The summed E-state index contributed by atoms with van der Waals surface area (Å²) in [7, 11) is 1.57. The van der Waals surface area contributed by atoms with E-state index >= 15 is 0 Å². The first kappa shape index (κ1) is 22.1. The molecule has 0 unspecified atom stereocenters. The minimum absolute atomic E-state index is 0.0862. The van der Waals surface area contributed by atoms with E-state index in [0.717, 1.165) is 10.8 Å². The number of hydrogen-bond acceptors (Lipinski definition) is 10. The summed E-state index contributed by atoms with van der Waals surface area (Å²) in [5.41, 5.74) is 1.49. The molecule has 0 aliphatic carbocycles. The molecule has 0 saturated carbocycles. The molecule has 1 aromatic carbocycles. The maximum absolute atomic E-state index is 12.7. The number of hydrogen-bond donors (Lipinski definition) is 0. The molecule has 5 heterocycles. The molecule has 182 valence electrons. The van der Waals surface area contributed by atoms with Crippen molar-refractivity contribution in [3.63, 3.8) is 0 Å². The first-order chi connectivity index (χ1) is 17.7. The molecule has 0 spiro atoms. The van der Waals surface area contributed by atoms with E-state index in [4.69, 9.17) is 18.7 Å². The second-order valence-corrected chi connectivity index (χ2v) is 8.11. The number of benzene rings is 1. The molecule has 4 aromatic heterocycles. The molecular weight excluding hydrogens is 466 g/mol. The second-order valence-electron chi connectivity index (χ2n) is 8.11. The number of pyridine rings is 1. The van der Waals surface area contributed by atoms with Crippen LogP contribution in [0.15, 0.2) is 53.2 Å². The Balaban J connectivity index is 1.35. The Morgan fingerprint density at radius 2 is 1.92 bits per heavy atom. The molecule has 6 rings (SSSR count). The van der Waals surface area contributed by atoms with Crippen LogP contribution in [0.5, 0.6) is 11.8 Å². The molecule has 0 bridgehead atoms. The Hall–Kier alpha value is -4.42. The van der Waals surface area contributed by atoms with Gasteiger partial charge in [0.2, 0.25) is 17.6 Å². The molecule has 0 atom stereocenters. The molecule has 12 nitrogen and oxygen atoms in total. The van der Waals surface area contributed by atoms with Crippen molar-refractivity contribution in [2.24, 2.45) is 0 Å². The average molecular weight is 487 g/mol. The fourth-order valence-electron chi connectivity index (χ4n) is 4.03. The minimum Gasteiger partial charge on any atom is -0.418 e. The van der Waals surface area contributed by atoms with Gasteiger partial charge >= 0.3 is 0 Å². The Bertz CT molecular complexity index is 1540. The molecule has 0 radical (unpaired) electrons. The summed E-state index contributed by atoms with van der Waals surface area (Å²) in [4.78, 5) is 18.8. The second kappa shape index (κ2) is 9.32. The number of fused-ring (bicyclic) bond motifs is 3.